The molecule has 124 valence electrons. The SMILES string of the molecule is COCc1nc(NCc2nc(C)c(C)s2)cc([C@H]2CCOC2)n1. The number of nitrogens with one attached hydrogen (secondary N) is 1. The topological polar surface area (TPSA) is 69.2 Å². The molecule has 0 saturated carbocycles. The molecule has 1 aliphatic heterocycles. The van der Waals surface area contributed by atoms with Crippen molar-refractivity contribution >= 4 is 17.2 Å². The molecule has 0 aromatic carbocycles. The number of hydrogen-bond acceptors (Lipinski definition) is 7. The molecule has 1 N–H and O–H groups in total. The molecule has 1 aliphatic rings. The van der Waals surface area contributed by atoms with Gasteiger partial charge in [-0.2, -0.15) is 0 Å². The Kier molecular flexibility index (Phi) is 5.20. The molecule has 0 bridgehead atoms. The molecule has 2 aromatic heterocycles. The van der Waals surface area contributed by atoms with Crippen LogP contribution in [0.1, 0.15) is 39.4 Å². The lowest BCUT2D eigenvalue weighted by atomic mass is 10.0. The highest BCUT2D eigenvalue weighted by molar-refractivity contribution is 7.11. The number of aromatic nitrogens is 3. The second-order valence-electron chi connectivity index (χ2n) is 5.69. The van der Waals surface area contributed by atoms with Crippen molar-refractivity contribution in [1.29, 1.82) is 0 Å². The number of ether oxygens (including phenoxy) is 2. The van der Waals surface area contributed by atoms with Crippen LogP contribution in [0.3, 0.4) is 0 Å². The number of rotatable bonds is 6. The number of methoxy groups -OCH3 is 1. The van der Waals surface area contributed by atoms with Crippen molar-refractivity contribution in [3.8, 4) is 0 Å². The number of anilines is 1. The third kappa shape index (κ3) is 4.04. The van der Waals surface area contributed by atoms with Crippen molar-refractivity contribution < 1.29 is 9.47 Å². The summed E-state index contributed by atoms with van der Waals surface area (Å²) in [5, 5.41) is 4.43. The van der Waals surface area contributed by atoms with Crippen molar-refractivity contribution in [2.45, 2.75) is 39.3 Å². The first-order valence-electron chi connectivity index (χ1n) is 7.77. The zero-order chi connectivity index (χ0) is 16.2. The average Bonchev–Trinajstić information content (AvgIpc) is 3.16. The molecule has 7 heteroatoms. The van der Waals surface area contributed by atoms with Crippen molar-refractivity contribution in [2.75, 3.05) is 25.6 Å². The molecule has 3 heterocycles. The van der Waals surface area contributed by atoms with E-state index in [0.717, 1.165) is 41.8 Å². The fraction of sp³-hybridized carbons (Fsp3) is 0.562. The lowest BCUT2D eigenvalue weighted by Crippen LogP contribution is -2.10. The molecule has 3 rings (SSSR count). The summed E-state index contributed by atoms with van der Waals surface area (Å²) in [4.78, 5) is 14.9. The van der Waals surface area contributed by atoms with Gasteiger partial charge < -0.3 is 14.8 Å². The van der Waals surface area contributed by atoms with E-state index in [1.807, 2.05) is 13.0 Å². The third-order valence-corrected chi connectivity index (χ3v) is 4.98. The zero-order valence-electron chi connectivity index (χ0n) is 13.8. The maximum absolute atomic E-state index is 5.48. The van der Waals surface area contributed by atoms with Gasteiger partial charge in [0, 0.05) is 30.6 Å². The quantitative estimate of drug-likeness (QED) is 0.876. The highest BCUT2D eigenvalue weighted by atomic mass is 32.1. The summed E-state index contributed by atoms with van der Waals surface area (Å²) in [5.74, 6) is 1.86. The monoisotopic (exact) mass is 334 g/mol. The van der Waals surface area contributed by atoms with Gasteiger partial charge in [0.05, 0.1) is 24.5 Å². The van der Waals surface area contributed by atoms with Crippen molar-refractivity contribution in [2.24, 2.45) is 0 Å². The minimum absolute atomic E-state index is 0.346. The molecule has 1 atom stereocenters. The van der Waals surface area contributed by atoms with Crippen LogP contribution in [-0.4, -0.2) is 35.3 Å². The normalized spacial score (nSPS) is 17.6. The Morgan fingerprint density at radius 1 is 1.35 bits per heavy atom. The summed E-state index contributed by atoms with van der Waals surface area (Å²) >= 11 is 1.72. The molecule has 0 unspecified atom stereocenters. The van der Waals surface area contributed by atoms with Gasteiger partial charge >= 0.3 is 0 Å². The van der Waals surface area contributed by atoms with Crippen LogP contribution in [0.2, 0.25) is 0 Å². The van der Waals surface area contributed by atoms with Crippen LogP contribution in [0, 0.1) is 13.8 Å². The van der Waals surface area contributed by atoms with Crippen molar-refractivity contribution in [1.82, 2.24) is 15.0 Å². The average molecular weight is 334 g/mol. The van der Waals surface area contributed by atoms with E-state index in [0.29, 0.717) is 24.9 Å². The largest absolute Gasteiger partial charge is 0.381 e. The Morgan fingerprint density at radius 3 is 2.87 bits per heavy atom. The Labute approximate surface area is 140 Å². The maximum Gasteiger partial charge on any atom is 0.156 e. The predicted molar refractivity (Wildman–Crippen MR) is 89.8 cm³/mol. The predicted octanol–water partition coefficient (Wildman–Crippen LogP) is 2.81. The Morgan fingerprint density at radius 2 is 2.22 bits per heavy atom. The lowest BCUT2D eigenvalue weighted by molar-refractivity contribution is 0.177. The summed E-state index contributed by atoms with van der Waals surface area (Å²) in [6.07, 6.45) is 1.01. The highest BCUT2D eigenvalue weighted by Gasteiger charge is 2.20. The summed E-state index contributed by atoms with van der Waals surface area (Å²) in [7, 11) is 1.66. The number of aryl methyl sites for hydroxylation is 2. The van der Waals surface area contributed by atoms with Crippen LogP contribution in [0.15, 0.2) is 6.07 Å². The summed E-state index contributed by atoms with van der Waals surface area (Å²) in [6, 6.07) is 2.02. The van der Waals surface area contributed by atoms with Gasteiger partial charge in [-0.25, -0.2) is 15.0 Å². The van der Waals surface area contributed by atoms with Crippen molar-refractivity contribution in [3.05, 3.63) is 33.2 Å². The first-order chi connectivity index (χ1) is 11.2. The molecule has 6 nitrogen and oxygen atoms in total. The summed E-state index contributed by atoms with van der Waals surface area (Å²) < 4.78 is 10.7. The highest BCUT2D eigenvalue weighted by Crippen LogP contribution is 2.25. The Hall–Kier alpha value is -1.57. The first-order valence-corrected chi connectivity index (χ1v) is 8.58. The van der Waals surface area contributed by atoms with Gasteiger partial charge in [-0.15, -0.1) is 11.3 Å². The van der Waals surface area contributed by atoms with Crippen LogP contribution >= 0.6 is 11.3 Å². The van der Waals surface area contributed by atoms with E-state index in [1.165, 1.54) is 4.88 Å². The molecule has 0 aliphatic carbocycles. The van der Waals surface area contributed by atoms with Crippen LogP contribution in [0.4, 0.5) is 5.82 Å². The van der Waals surface area contributed by atoms with Gasteiger partial charge in [-0.3, -0.25) is 0 Å². The van der Waals surface area contributed by atoms with Crippen LogP contribution < -0.4 is 5.32 Å². The molecule has 0 radical (unpaired) electrons. The van der Waals surface area contributed by atoms with Gasteiger partial charge in [0.1, 0.15) is 17.4 Å². The van der Waals surface area contributed by atoms with E-state index >= 15 is 0 Å². The van der Waals surface area contributed by atoms with E-state index < -0.39 is 0 Å². The Balaban J connectivity index is 1.76. The van der Waals surface area contributed by atoms with Gasteiger partial charge in [0.25, 0.3) is 0 Å². The smallest absolute Gasteiger partial charge is 0.156 e. The van der Waals surface area contributed by atoms with Gasteiger partial charge in [0.15, 0.2) is 5.82 Å². The molecule has 2 aromatic rings. The van der Waals surface area contributed by atoms with Crippen LogP contribution in [-0.2, 0) is 22.6 Å². The van der Waals surface area contributed by atoms with Crippen LogP contribution in [0.5, 0.6) is 0 Å². The number of nitrogens with zero attached hydrogens (tertiary/aromatic N) is 3. The van der Waals surface area contributed by atoms with Gasteiger partial charge in [-0.05, 0) is 20.3 Å². The van der Waals surface area contributed by atoms with E-state index in [2.05, 4.69) is 27.2 Å². The minimum atomic E-state index is 0.346. The number of hydrogen-bond donors (Lipinski definition) is 1. The molecule has 0 amide bonds. The fourth-order valence-electron chi connectivity index (χ4n) is 2.56. The van der Waals surface area contributed by atoms with Crippen LogP contribution in [0.25, 0.3) is 0 Å². The first kappa shape index (κ1) is 16.3. The second-order valence-corrected chi connectivity index (χ2v) is 6.98. The molecule has 0 spiro atoms. The number of thiazole rings is 1. The molecular weight excluding hydrogens is 312 g/mol. The van der Waals surface area contributed by atoms with Gasteiger partial charge in [-0.1, -0.05) is 0 Å². The fourth-order valence-corrected chi connectivity index (χ4v) is 3.43. The van der Waals surface area contributed by atoms with Gasteiger partial charge in [0.2, 0.25) is 0 Å². The standard InChI is InChI=1S/C16H22N4O2S/c1-10-11(2)23-16(18-10)7-17-14-6-13(12-4-5-22-8-12)19-15(20-14)9-21-3/h6,12H,4-5,7-9H2,1-3H3,(H,17,19,20)/t12-/m0/s1. The third-order valence-electron chi connectivity index (χ3n) is 3.91. The molecule has 23 heavy (non-hydrogen) atoms. The zero-order valence-corrected chi connectivity index (χ0v) is 14.6. The van der Waals surface area contributed by atoms with Crippen molar-refractivity contribution in [3.63, 3.8) is 0 Å². The molecular formula is C16H22N4O2S. The lowest BCUT2D eigenvalue weighted by Gasteiger charge is -2.12. The maximum atomic E-state index is 5.48. The van der Waals surface area contributed by atoms with E-state index in [1.54, 1.807) is 18.4 Å². The molecule has 1 fully saturated rings. The Bertz CT molecular complexity index is 649. The second kappa shape index (κ2) is 7.33. The van der Waals surface area contributed by atoms with E-state index in [4.69, 9.17) is 9.47 Å². The van der Waals surface area contributed by atoms with E-state index in [9.17, 15) is 0 Å². The molecule has 1 saturated heterocycles. The summed E-state index contributed by atoms with van der Waals surface area (Å²) in [5.41, 5.74) is 2.12. The summed E-state index contributed by atoms with van der Waals surface area (Å²) in [6.45, 7) is 6.74. The van der Waals surface area contributed by atoms with E-state index in [-0.39, 0.29) is 0 Å². The minimum Gasteiger partial charge on any atom is -0.381 e.